The molecule has 3 rings (SSSR count). The van der Waals surface area contributed by atoms with Crippen LogP contribution in [0.3, 0.4) is 0 Å². The second kappa shape index (κ2) is 4.32. The zero-order chi connectivity index (χ0) is 14.7. The number of carbonyl (C=O) groups excluding carboxylic acids is 1. The van der Waals surface area contributed by atoms with Gasteiger partial charge in [-0.3, -0.25) is 9.59 Å². The number of carbonyl (C=O) groups is 2. The molecule has 0 aliphatic carbocycles. The van der Waals surface area contributed by atoms with Gasteiger partial charge in [-0.1, -0.05) is 26.0 Å². The summed E-state index contributed by atoms with van der Waals surface area (Å²) in [5, 5.41) is 9.38. The molecule has 0 aromatic rings. The van der Waals surface area contributed by atoms with Crippen molar-refractivity contribution < 1.29 is 19.4 Å². The molecule has 3 heterocycles. The molecule has 1 spiro atoms. The van der Waals surface area contributed by atoms with Crippen LogP contribution in [0.25, 0.3) is 0 Å². The Balaban J connectivity index is 1.87. The minimum absolute atomic E-state index is 0.0580. The molecular weight excluding hydrogens is 258 g/mol. The maximum Gasteiger partial charge on any atom is 0.310 e. The minimum Gasteiger partial charge on any atom is -0.481 e. The van der Waals surface area contributed by atoms with Gasteiger partial charge >= 0.3 is 5.97 Å². The monoisotopic (exact) mass is 279 g/mol. The van der Waals surface area contributed by atoms with Crippen molar-refractivity contribution >= 4 is 11.9 Å². The van der Waals surface area contributed by atoms with Gasteiger partial charge in [0, 0.05) is 6.04 Å². The quantitative estimate of drug-likeness (QED) is 0.787. The SMILES string of the molecule is CC(C)CC(C)N1CC23C=CC(O2)C(C(=O)O)C3C1=O. The van der Waals surface area contributed by atoms with Crippen LogP contribution in [0, 0.1) is 17.8 Å². The number of amides is 1. The number of ether oxygens (including phenoxy) is 1. The third-order valence-corrected chi connectivity index (χ3v) is 4.76. The Morgan fingerprint density at radius 3 is 2.85 bits per heavy atom. The van der Waals surface area contributed by atoms with E-state index in [1.165, 1.54) is 0 Å². The van der Waals surface area contributed by atoms with E-state index in [0.29, 0.717) is 12.5 Å². The average molecular weight is 279 g/mol. The van der Waals surface area contributed by atoms with E-state index in [1.54, 1.807) is 6.08 Å². The third-order valence-electron chi connectivity index (χ3n) is 4.76. The number of hydrogen-bond acceptors (Lipinski definition) is 3. The van der Waals surface area contributed by atoms with Gasteiger partial charge in [0.05, 0.1) is 18.6 Å². The average Bonchev–Trinajstić information content (AvgIpc) is 2.96. The van der Waals surface area contributed by atoms with Crippen LogP contribution >= 0.6 is 0 Å². The van der Waals surface area contributed by atoms with Crippen molar-refractivity contribution in [3.05, 3.63) is 12.2 Å². The van der Waals surface area contributed by atoms with Crippen molar-refractivity contribution in [3.8, 4) is 0 Å². The summed E-state index contributed by atoms with van der Waals surface area (Å²) in [7, 11) is 0. The van der Waals surface area contributed by atoms with Crippen LogP contribution in [0.1, 0.15) is 27.2 Å². The zero-order valence-electron chi connectivity index (χ0n) is 12.1. The Labute approximate surface area is 118 Å². The Bertz CT molecular complexity index is 486. The summed E-state index contributed by atoms with van der Waals surface area (Å²) in [6, 6.07) is 0.118. The Morgan fingerprint density at radius 1 is 1.55 bits per heavy atom. The van der Waals surface area contributed by atoms with E-state index in [4.69, 9.17) is 4.74 Å². The summed E-state index contributed by atoms with van der Waals surface area (Å²) in [6.07, 6.45) is 4.18. The number of aliphatic carboxylic acids is 1. The van der Waals surface area contributed by atoms with Crippen molar-refractivity contribution in [2.45, 2.75) is 44.9 Å². The topological polar surface area (TPSA) is 66.8 Å². The maximum atomic E-state index is 12.7. The molecule has 0 radical (unpaired) electrons. The normalized spacial score (nSPS) is 39.7. The molecule has 3 aliphatic rings. The van der Waals surface area contributed by atoms with Crippen LogP contribution in [-0.2, 0) is 14.3 Å². The third kappa shape index (κ3) is 1.72. The van der Waals surface area contributed by atoms with Crippen LogP contribution in [-0.4, -0.2) is 46.2 Å². The fourth-order valence-corrected chi connectivity index (χ4v) is 3.99. The number of likely N-dealkylation sites (tertiary alicyclic amines) is 1. The Morgan fingerprint density at radius 2 is 2.25 bits per heavy atom. The van der Waals surface area contributed by atoms with Crippen molar-refractivity contribution in [1.82, 2.24) is 4.90 Å². The minimum atomic E-state index is -0.932. The lowest BCUT2D eigenvalue weighted by Crippen LogP contribution is -2.40. The van der Waals surface area contributed by atoms with Crippen LogP contribution < -0.4 is 0 Å². The van der Waals surface area contributed by atoms with Gasteiger partial charge in [-0.2, -0.15) is 0 Å². The van der Waals surface area contributed by atoms with Crippen LogP contribution in [0.5, 0.6) is 0 Å². The molecule has 2 saturated heterocycles. The van der Waals surface area contributed by atoms with Crippen molar-refractivity contribution in [2.24, 2.45) is 17.8 Å². The highest BCUT2D eigenvalue weighted by molar-refractivity contribution is 5.90. The fourth-order valence-electron chi connectivity index (χ4n) is 3.99. The molecule has 0 saturated carbocycles. The molecule has 5 heteroatoms. The van der Waals surface area contributed by atoms with E-state index in [1.807, 2.05) is 17.9 Å². The van der Waals surface area contributed by atoms with Gasteiger partial charge in [0.15, 0.2) is 0 Å². The first-order valence-corrected chi connectivity index (χ1v) is 7.26. The highest BCUT2D eigenvalue weighted by Gasteiger charge is 2.67. The predicted octanol–water partition coefficient (Wildman–Crippen LogP) is 1.29. The van der Waals surface area contributed by atoms with Crippen molar-refractivity contribution in [3.63, 3.8) is 0 Å². The van der Waals surface area contributed by atoms with Crippen LogP contribution in [0.15, 0.2) is 12.2 Å². The summed E-state index contributed by atoms with van der Waals surface area (Å²) in [6.45, 7) is 6.76. The lowest BCUT2D eigenvalue weighted by atomic mass is 9.77. The molecule has 5 nitrogen and oxygen atoms in total. The van der Waals surface area contributed by atoms with Crippen LogP contribution in [0.4, 0.5) is 0 Å². The predicted molar refractivity (Wildman–Crippen MR) is 72.0 cm³/mol. The molecule has 110 valence electrons. The second-order valence-corrected chi connectivity index (χ2v) is 6.68. The Kier molecular flexibility index (Phi) is 2.94. The number of nitrogens with zero attached hydrogens (tertiary/aromatic N) is 1. The summed E-state index contributed by atoms with van der Waals surface area (Å²) >= 11 is 0. The summed E-state index contributed by atoms with van der Waals surface area (Å²) < 4.78 is 5.86. The van der Waals surface area contributed by atoms with E-state index in [2.05, 4.69) is 13.8 Å². The van der Waals surface area contributed by atoms with Gasteiger partial charge in [0.25, 0.3) is 0 Å². The number of carboxylic acid groups (broad SMARTS) is 1. The van der Waals surface area contributed by atoms with E-state index >= 15 is 0 Å². The Hall–Kier alpha value is -1.36. The maximum absolute atomic E-state index is 12.7. The molecule has 0 aromatic heterocycles. The highest BCUT2D eigenvalue weighted by atomic mass is 16.5. The smallest absolute Gasteiger partial charge is 0.310 e. The van der Waals surface area contributed by atoms with Gasteiger partial charge < -0.3 is 14.7 Å². The molecular formula is C15H21NO4. The summed E-state index contributed by atoms with van der Waals surface area (Å²) in [5.41, 5.74) is -0.698. The van der Waals surface area contributed by atoms with E-state index < -0.39 is 29.5 Å². The molecule has 1 amide bonds. The van der Waals surface area contributed by atoms with Gasteiger partial charge in [0.2, 0.25) is 5.91 Å². The standard InChI is InChI=1S/C15H21NO4/c1-8(2)6-9(3)16-7-15-5-4-10(20-15)11(14(18)19)12(15)13(16)17/h4-5,8-12H,6-7H2,1-3H3,(H,18,19). The molecule has 0 aromatic carbocycles. The highest BCUT2D eigenvalue weighted by Crippen LogP contribution is 2.52. The first kappa shape index (κ1) is 13.6. The van der Waals surface area contributed by atoms with Crippen molar-refractivity contribution in [2.75, 3.05) is 6.54 Å². The summed E-state index contributed by atoms with van der Waals surface area (Å²) in [5.74, 6) is -1.78. The van der Waals surface area contributed by atoms with Crippen molar-refractivity contribution in [1.29, 1.82) is 0 Å². The zero-order valence-corrected chi connectivity index (χ0v) is 12.1. The molecule has 2 bridgehead atoms. The number of hydrogen-bond donors (Lipinski definition) is 1. The first-order chi connectivity index (χ1) is 9.35. The lowest BCUT2D eigenvalue weighted by molar-refractivity contribution is -0.148. The molecule has 1 N–H and O–H groups in total. The van der Waals surface area contributed by atoms with E-state index in [-0.39, 0.29) is 11.9 Å². The second-order valence-electron chi connectivity index (χ2n) is 6.68. The summed E-state index contributed by atoms with van der Waals surface area (Å²) in [4.78, 5) is 25.9. The number of fused-ring (bicyclic) bond motifs is 1. The van der Waals surface area contributed by atoms with Gasteiger partial charge in [0.1, 0.15) is 11.5 Å². The molecule has 2 fully saturated rings. The van der Waals surface area contributed by atoms with Gasteiger partial charge in [-0.25, -0.2) is 0 Å². The molecule has 20 heavy (non-hydrogen) atoms. The first-order valence-electron chi connectivity index (χ1n) is 7.26. The van der Waals surface area contributed by atoms with E-state index in [0.717, 1.165) is 6.42 Å². The van der Waals surface area contributed by atoms with Crippen LogP contribution in [0.2, 0.25) is 0 Å². The molecule has 5 atom stereocenters. The fraction of sp³-hybridized carbons (Fsp3) is 0.733. The van der Waals surface area contributed by atoms with E-state index in [9.17, 15) is 14.7 Å². The van der Waals surface area contributed by atoms with Gasteiger partial charge in [-0.05, 0) is 19.3 Å². The molecule has 5 unspecified atom stereocenters. The largest absolute Gasteiger partial charge is 0.481 e. The molecule has 3 aliphatic heterocycles. The number of carboxylic acids is 1. The van der Waals surface area contributed by atoms with Gasteiger partial charge in [-0.15, -0.1) is 0 Å². The number of rotatable bonds is 4. The lowest BCUT2D eigenvalue weighted by Gasteiger charge is -2.28.